The van der Waals surface area contributed by atoms with Crippen molar-refractivity contribution in [3.05, 3.63) is 17.7 Å². The lowest BCUT2D eigenvalue weighted by Crippen LogP contribution is -2.26. The van der Waals surface area contributed by atoms with Crippen molar-refractivity contribution in [1.82, 2.24) is 9.55 Å². The predicted octanol–water partition coefficient (Wildman–Crippen LogP) is 3.69. The van der Waals surface area contributed by atoms with Gasteiger partial charge in [0.2, 0.25) is 0 Å². The Morgan fingerprint density at radius 1 is 1.38 bits per heavy atom. The van der Waals surface area contributed by atoms with Crippen molar-refractivity contribution in [3.63, 3.8) is 0 Å². The quantitative estimate of drug-likeness (QED) is 0.756. The van der Waals surface area contributed by atoms with Crippen LogP contribution in [0.3, 0.4) is 0 Å². The van der Waals surface area contributed by atoms with Gasteiger partial charge >= 0.3 is 0 Å². The van der Waals surface area contributed by atoms with Gasteiger partial charge in [-0.3, -0.25) is 0 Å². The molecule has 1 unspecified atom stereocenters. The van der Waals surface area contributed by atoms with Crippen LogP contribution < -0.4 is 0 Å². The first-order valence-electron chi connectivity index (χ1n) is 6.76. The molecule has 16 heavy (non-hydrogen) atoms. The minimum absolute atomic E-state index is 0.331. The highest BCUT2D eigenvalue weighted by Gasteiger charge is 2.29. The molecule has 0 bridgehead atoms. The Bertz CT molecular complexity index is 354. The first kappa shape index (κ1) is 11.7. The Morgan fingerprint density at radius 3 is 2.88 bits per heavy atom. The lowest BCUT2D eigenvalue weighted by Gasteiger charge is -2.30. The Balaban J connectivity index is 2.34. The van der Waals surface area contributed by atoms with Crippen LogP contribution in [0.1, 0.15) is 64.4 Å². The number of nitrogens with zero attached hydrogens (tertiary/aromatic N) is 2. The summed E-state index contributed by atoms with van der Waals surface area (Å²) in [4.78, 5) is 4.62. The average molecular weight is 220 g/mol. The van der Waals surface area contributed by atoms with Gasteiger partial charge in [0.25, 0.3) is 0 Å². The van der Waals surface area contributed by atoms with E-state index in [1.807, 2.05) is 0 Å². The van der Waals surface area contributed by atoms with Crippen molar-refractivity contribution in [2.45, 2.75) is 71.3 Å². The van der Waals surface area contributed by atoms with Gasteiger partial charge in [-0.15, -0.1) is 0 Å². The molecule has 1 aliphatic heterocycles. The zero-order valence-electron chi connectivity index (χ0n) is 10.9. The van der Waals surface area contributed by atoms with Gasteiger partial charge in [0.1, 0.15) is 5.82 Å². The molecule has 1 atom stereocenters. The number of hydrogen-bond acceptors (Lipinski definition) is 1. The summed E-state index contributed by atoms with van der Waals surface area (Å²) < 4.78 is 2.49. The second kappa shape index (κ2) is 4.60. The second-order valence-electron chi connectivity index (χ2n) is 5.33. The summed E-state index contributed by atoms with van der Waals surface area (Å²) in [6.07, 6.45) is 9.69. The van der Waals surface area contributed by atoms with Crippen molar-refractivity contribution >= 4 is 0 Å². The predicted molar refractivity (Wildman–Crippen MR) is 67.7 cm³/mol. The van der Waals surface area contributed by atoms with E-state index < -0.39 is 0 Å². The topological polar surface area (TPSA) is 17.8 Å². The second-order valence-corrected chi connectivity index (χ2v) is 5.33. The summed E-state index contributed by atoms with van der Waals surface area (Å²) in [5.41, 5.74) is 1.81. The normalized spacial score (nSPS) is 19.2. The van der Waals surface area contributed by atoms with Crippen LogP contribution in [0.4, 0.5) is 0 Å². The van der Waals surface area contributed by atoms with Crippen LogP contribution in [0.5, 0.6) is 0 Å². The molecule has 90 valence electrons. The molecule has 1 aromatic heterocycles. The van der Waals surface area contributed by atoms with E-state index in [0.717, 1.165) is 0 Å². The number of aryl methyl sites for hydroxylation is 1. The summed E-state index contributed by atoms with van der Waals surface area (Å²) in [5, 5.41) is 0. The van der Waals surface area contributed by atoms with Crippen LogP contribution in [-0.2, 0) is 18.4 Å². The monoisotopic (exact) mass is 220 g/mol. The fourth-order valence-electron chi connectivity index (χ4n) is 2.94. The molecule has 0 radical (unpaired) electrons. The Morgan fingerprint density at radius 2 is 2.19 bits per heavy atom. The zero-order valence-corrected chi connectivity index (χ0v) is 10.9. The van der Waals surface area contributed by atoms with Gasteiger partial charge in [-0.05, 0) is 25.7 Å². The fourth-order valence-corrected chi connectivity index (χ4v) is 2.94. The highest BCUT2D eigenvalue weighted by atomic mass is 15.1. The van der Waals surface area contributed by atoms with Gasteiger partial charge < -0.3 is 4.57 Å². The maximum Gasteiger partial charge on any atom is 0.108 e. The molecule has 1 aliphatic rings. The van der Waals surface area contributed by atoms with Gasteiger partial charge in [0.05, 0.1) is 0 Å². The Kier molecular flexibility index (Phi) is 3.36. The van der Waals surface area contributed by atoms with Crippen LogP contribution >= 0.6 is 0 Å². The number of imidazole rings is 1. The molecule has 2 rings (SSSR count). The Hall–Kier alpha value is -0.790. The smallest absolute Gasteiger partial charge is 0.108 e. The number of hydrogen-bond donors (Lipinski definition) is 0. The maximum absolute atomic E-state index is 4.62. The number of fused-ring (bicyclic) bond motifs is 1. The zero-order chi connectivity index (χ0) is 11.6. The molecule has 0 fully saturated rings. The molecule has 2 heterocycles. The minimum Gasteiger partial charge on any atom is -0.331 e. The van der Waals surface area contributed by atoms with Gasteiger partial charge in [-0.2, -0.15) is 0 Å². The molecule has 1 aromatic rings. The standard InChI is InChI=1S/C14H24N2/c1-4-9-14(3,5-2)12-11-15-13-8-6-7-10-16(12)13/h11H,4-10H2,1-3H3. The molecule has 0 spiro atoms. The van der Waals surface area contributed by atoms with E-state index in [0.29, 0.717) is 5.41 Å². The average Bonchev–Trinajstić information content (AvgIpc) is 2.73. The van der Waals surface area contributed by atoms with Crippen LogP contribution in [0.25, 0.3) is 0 Å². The Labute approximate surface area is 99.1 Å². The lowest BCUT2D eigenvalue weighted by atomic mass is 9.80. The highest BCUT2D eigenvalue weighted by Crippen LogP contribution is 2.34. The minimum atomic E-state index is 0.331. The van der Waals surface area contributed by atoms with Crippen LogP contribution in [0.15, 0.2) is 6.20 Å². The summed E-state index contributed by atoms with van der Waals surface area (Å²) in [6, 6.07) is 0. The van der Waals surface area contributed by atoms with Crippen molar-refractivity contribution in [3.8, 4) is 0 Å². The van der Waals surface area contributed by atoms with Crippen molar-refractivity contribution in [1.29, 1.82) is 0 Å². The molecule has 0 saturated carbocycles. The van der Waals surface area contributed by atoms with E-state index in [1.54, 1.807) is 0 Å². The molecule has 0 aromatic carbocycles. The molecule has 0 N–H and O–H groups in total. The van der Waals surface area contributed by atoms with Gasteiger partial charge in [-0.25, -0.2) is 4.98 Å². The summed E-state index contributed by atoms with van der Waals surface area (Å²) in [5.74, 6) is 1.32. The van der Waals surface area contributed by atoms with Gasteiger partial charge in [0, 0.05) is 30.3 Å². The van der Waals surface area contributed by atoms with E-state index in [-0.39, 0.29) is 0 Å². The number of aromatic nitrogens is 2. The van der Waals surface area contributed by atoms with E-state index in [4.69, 9.17) is 0 Å². The van der Waals surface area contributed by atoms with Gasteiger partial charge in [0.15, 0.2) is 0 Å². The summed E-state index contributed by atoms with van der Waals surface area (Å²) in [7, 11) is 0. The third-order valence-electron chi connectivity index (χ3n) is 4.17. The molecule has 0 saturated heterocycles. The fraction of sp³-hybridized carbons (Fsp3) is 0.786. The van der Waals surface area contributed by atoms with Gasteiger partial charge in [-0.1, -0.05) is 27.2 Å². The van der Waals surface area contributed by atoms with E-state index in [1.165, 1.54) is 56.6 Å². The largest absolute Gasteiger partial charge is 0.331 e. The molecule has 2 nitrogen and oxygen atoms in total. The number of rotatable bonds is 4. The van der Waals surface area contributed by atoms with E-state index >= 15 is 0 Å². The molecular weight excluding hydrogens is 196 g/mol. The molecule has 2 heteroatoms. The van der Waals surface area contributed by atoms with Crippen molar-refractivity contribution in [2.24, 2.45) is 0 Å². The maximum atomic E-state index is 4.62. The third kappa shape index (κ3) is 1.90. The summed E-state index contributed by atoms with van der Waals surface area (Å²) in [6.45, 7) is 8.17. The van der Waals surface area contributed by atoms with Crippen LogP contribution in [0, 0.1) is 0 Å². The van der Waals surface area contributed by atoms with E-state index in [9.17, 15) is 0 Å². The molecule has 0 aliphatic carbocycles. The van der Waals surface area contributed by atoms with Crippen molar-refractivity contribution in [2.75, 3.05) is 0 Å². The molecular formula is C14H24N2. The first-order chi connectivity index (χ1) is 7.71. The van der Waals surface area contributed by atoms with E-state index in [2.05, 4.69) is 36.5 Å². The van der Waals surface area contributed by atoms with Crippen LogP contribution in [-0.4, -0.2) is 9.55 Å². The highest BCUT2D eigenvalue weighted by molar-refractivity contribution is 5.18. The molecule has 0 amide bonds. The SMILES string of the molecule is CCCC(C)(CC)c1cnc2n1CCCC2. The third-order valence-corrected chi connectivity index (χ3v) is 4.17. The first-order valence-corrected chi connectivity index (χ1v) is 6.76. The van der Waals surface area contributed by atoms with Crippen molar-refractivity contribution < 1.29 is 0 Å². The summed E-state index contributed by atoms with van der Waals surface area (Å²) >= 11 is 0. The van der Waals surface area contributed by atoms with Crippen LogP contribution in [0.2, 0.25) is 0 Å². The lowest BCUT2D eigenvalue weighted by molar-refractivity contribution is 0.371.